The van der Waals surface area contributed by atoms with E-state index in [0.29, 0.717) is 13.0 Å². The number of hydrogen-bond acceptors (Lipinski definition) is 4. The van der Waals surface area contributed by atoms with Gasteiger partial charge in [-0.2, -0.15) is 0 Å². The maximum atomic E-state index is 11.0. The number of rotatable bonds is 6. The number of nitrogen functional groups attached to an aromatic ring is 1. The van der Waals surface area contributed by atoms with E-state index in [9.17, 15) is 8.42 Å². The molecule has 102 valence electrons. The van der Waals surface area contributed by atoms with Crippen molar-refractivity contribution in [2.24, 2.45) is 0 Å². The topological polar surface area (TPSA) is 84.2 Å². The molecule has 0 fully saturated rings. The lowest BCUT2D eigenvalue weighted by Gasteiger charge is -2.12. The van der Waals surface area contributed by atoms with Gasteiger partial charge in [0.2, 0.25) is 10.0 Å². The molecule has 0 aliphatic heterocycles. The lowest BCUT2D eigenvalue weighted by atomic mass is 10.0. The third-order valence-corrected chi connectivity index (χ3v) is 3.34. The van der Waals surface area contributed by atoms with Crippen molar-refractivity contribution in [1.82, 2.24) is 4.72 Å². The van der Waals surface area contributed by atoms with Crippen molar-refractivity contribution in [1.29, 1.82) is 0 Å². The average molecular weight is 271 g/mol. The van der Waals surface area contributed by atoms with Crippen LogP contribution in [0.2, 0.25) is 0 Å². The first-order valence-corrected chi connectivity index (χ1v) is 7.80. The molecule has 1 aromatic carbocycles. The maximum Gasteiger partial charge on any atom is 0.208 e. The molecule has 0 heterocycles. The predicted molar refractivity (Wildman–Crippen MR) is 76.3 cm³/mol. The third kappa shape index (κ3) is 4.54. The van der Waals surface area contributed by atoms with Gasteiger partial charge in [-0.25, -0.2) is 13.1 Å². The Kier molecular flexibility index (Phi) is 4.98. The standard InChI is InChI=1S/C12H21N3O2S/c1-4-14-11-7-9(2)12(13)10(8-11)5-6-15-18(3,16)17/h7-8,14-15H,4-6,13H2,1-3H3. The Bertz CT molecular complexity index is 512. The van der Waals surface area contributed by atoms with Crippen LogP contribution in [-0.4, -0.2) is 27.8 Å². The zero-order valence-corrected chi connectivity index (χ0v) is 11.9. The van der Waals surface area contributed by atoms with Gasteiger partial charge in [-0.1, -0.05) is 0 Å². The molecule has 0 spiro atoms. The molecule has 5 nitrogen and oxygen atoms in total. The molecule has 0 aliphatic rings. The van der Waals surface area contributed by atoms with Crippen LogP contribution in [0.15, 0.2) is 12.1 Å². The molecular formula is C12H21N3O2S. The number of aryl methyl sites for hydroxylation is 1. The summed E-state index contributed by atoms with van der Waals surface area (Å²) in [7, 11) is -3.14. The molecule has 0 aliphatic carbocycles. The van der Waals surface area contributed by atoms with Crippen molar-refractivity contribution in [3.05, 3.63) is 23.3 Å². The Labute approximate surface area is 109 Å². The van der Waals surface area contributed by atoms with E-state index in [1.54, 1.807) is 0 Å². The average Bonchev–Trinajstić information content (AvgIpc) is 2.23. The zero-order valence-electron chi connectivity index (χ0n) is 11.1. The first-order valence-electron chi connectivity index (χ1n) is 5.91. The van der Waals surface area contributed by atoms with E-state index in [1.165, 1.54) is 0 Å². The quantitative estimate of drug-likeness (QED) is 0.676. The summed E-state index contributed by atoms with van der Waals surface area (Å²) < 4.78 is 24.4. The molecule has 6 heteroatoms. The summed E-state index contributed by atoms with van der Waals surface area (Å²) in [6.07, 6.45) is 1.73. The molecule has 0 saturated carbocycles. The van der Waals surface area contributed by atoms with Crippen molar-refractivity contribution in [3.8, 4) is 0 Å². The van der Waals surface area contributed by atoms with Crippen LogP contribution in [0.25, 0.3) is 0 Å². The van der Waals surface area contributed by atoms with Gasteiger partial charge < -0.3 is 11.1 Å². The summed E-state index contributed by atoms with van der Waals surface area (Å²) in [6, 6.07) is 3.96. The van der Waals surface area contributed by atoms with Crippen LogP contribution in [0.3, 0.4) is 0 Å². The van der Waals surface area contributed by atoms with Gasteiger partial charge in [-0.3, -0.25) is 0 Å². The van der Waals surface area contributed by atoms with E-state index in [-0.39, 0.29) is 0 Å². The van der Waals surface area contributed by atoms with Gasteiger partial charge >= 0.3 is 0 Å². The molecule has 0 saturated heterocycles. The van der Waals surface area contributed by atoms with Gasteiger partial charge in [0.1, 0.15) is 0 Å². The number of anilines is 2. The molecule has 1 aromatic rings. The number of nitrogens with one attached hydrogen (secondary N) is 2. The van der Waals surface area contributed by atoms with Crippen LogP contribution in [-0.2, 0) is 16.4 Å². The summed E-state index contributed by atoms with van der Waals surface area (Å²) in [4.78, 5) is 0. The molecule has 0 atom stereocenters. The summed E-state index contributed by atoms with van der Waals surface area (Å²) in [5.74, 6) is 0. The molecule has 0 bridgehead atoms. The fourth-order valence-electron chi connectivity index (χ4n) is 1.76. The first-order chi connectivity index (χ1) is 8.33. The second-order valence-electron chi connectivity index (χ2n) is 4.31. The zero-order chi connectivity index (χ0) is 13.8. The van der Waals surface area contributed by atoms with Gasteiger partial charge in [0.25, 0.3) is 0 Å². The van der Waals surface area contributed by atoms with Crippen LogP contribution in [0.4, 0.5) is 11.4 Å². The Morgan fingerprint density at radius 1 is 1.33 bits per heavy atom. The van der Waals surface area contributed by atoms with E-state index in [1.807, 2.05) is 26.0 Å². The lowest BCUT2D eigenvalue weighted by Crippen LogP contribution is -2.24. The molecular weight excluding hydrogens is 250 g/mol. The molecule has 0 unspecified atom stereocenters. The molecule has 18 heavy (non-hydrogen) atoms. The Morgan fingerprint density at radius 2 is 2.00 bits per heavy atom. The Balaban J connectivity index is 2.80. The van der Waals surface area contributed by atoms with Gasteiger partial charge in [0.05, 0.1) is 6.26 Å². The highest BCUT2D eigenvalue weighted by atomic mass is 32.2. The van der Waals surface area contributed by atoms with Crippen LogP contribution in [0.1, 0.15) is 18.1 Å². The van der Waals surface area contributed by atoms with E-state index in [0.717, 1.165) is 35.3 Å². The molecule has 0 radical (unpaired) electrons. The molecule has 1 rings (SSSR count). The smallest absolute Gasteiger partial charge is 0.208 e. The minimum atomic E-state index is -3.14. The van der Waals surface area contributed by atoms with Crippen LogP contribution < -0.4 is 15.8 Å². The van der Waals surface area contributed by atoms with Gasteiger partial charge in [0, 0.05) is 24.5 Å². The Morgan fingerprint density at radius 3 is 2.56 bits per heavy atom. The van der Waals surface area contributed by atoms with E-state index < -0.39 is 10.0 Å². The fraction of sp³-hybridized carbons (Fsp3) is 0.500. The summed E-state index contributed by atoms with van der Waals surface area (Å²) >= 11 is 0. The van der Waals surface area contributed by atoms with Crippen LogP contribution in [0, 0.1) is 6.92 Å². The number of nitrogens with two attached hydrogens (primary N) is 1. The predicted octanol–water partition coefficient (Wildman–Crippen LogP) is 1.10. The largest absolute Gasteiger partial charge is 0.398 e. The highest BCUT2D eigenvalue weighted by molar-refractivity contribution is 7.88. The minimum Gasteiger partial charge on any atom is -0.398 e. The number of sulfonamides is 1. The first kappa shape index (κ1) is 14.8. The third-order valence-electron chi connectivity index (χ3n) is 2.61. The normalized spacial score (nSPS) is 11.5. The summed E-state index contributed by atoms with van der Waals surface area (Å²) in [5.41, 5.74) is 9.70. The summed E-state index contributed by atoms with van der Waals surface area (Å²) in [5, 5.41) is 3.23. The molecule has 4 N–H and O–H groups in total. The van der Waals surface area contributed by atoms with Crippen molar-refractivity contribution in [2.45, 2.75) is 20.3 Å². The van der Waals surface area contributed by atoms with E-state index in [2.05, 4.69) is 10.0 Å². The highest BCUT2D eigenvalue weighted by Gasteiger charge is 2.06. The number of hydrogen-bond donors (Lipinski definition) is 3. The minimum absolute atomic E-state index is 0.359. The van der Waals surface area contributed by atoms with Crippen molar-refractivity contribution >= 4 is 21.4 Å². The maximum absolute atomic E-state index is 11.0. The van der Waals surface area contributed by atoms with Gasteiger partial charge in [0.15, 0.2) is 0 Å². The number of benzene rings is 1. The van der Waals surface area contributed by atoms with Gasteiger partial charge in [-0.15, -0.1) is 0 Å². The van der Waals surface area contributed by atoms with Crippen molar-refractivity contribution < 1.29 is 8.42 Å². The van der Waals surface area contributed by atoms with Gasteiger partial charge in [-0.05, 0) is 43.5 Å². The van der Waals surface area contributed by atoms with E-state index >= 15 is 0 Å². The lowest BCUT2D eigenvalue weighted by molar-refractivity contribution is 0.588. The second kappa shape index (κ2) is 6.06. The monoisotopic (exact) mass is 271 g/mol. The SMILES string of the molecule is CCNc1cc(C)c(N)c(CCNS(C)(=O)=O)c1. The fourth-order valence-corrected chi connectivity index (χ4v) is 2.23. The van der Waals surface area contributed by atoms with Crippen molar-refractivity contribution in [3.63, 3.8) is 0 Å². The van der Waals surface area contributed by atoms with Crippen LogP contribution in [0.5, 0.6) is 0 Å². The molecule has 0 aromatic heterocycles. The Hall–Kier alpha value is -1.27. The molecule has 0 amide bonds. The second-order valence-corrected chi connectivity index (χ2v) is 6.15. The summed E-state index contributed by atoms with van der Waals surface area (Å²) in [6.45, 7) is 5.17. The van der Waals surface area contributed by atoms with Crippen molar-refractivity contribution in [2.75, 3.05) is 30.4 Å². The highest BCUT2D eigenvalue weighted by Crippen LogP contribution is 2.23. The van der Waals surface area contributed by atoms with E-state index in [4.69, 9.17) is 5.73 Å². The van der Waals surface area contributed by atoms with Crippen LogP contribution >= 0.6 is 0 Å².